The second-order valence-corrected chi connectivity index (χ2v) is 12.0. The van der Waals surface area contributed by atoms with Gasteiger partial charge in [0.25, 0.3) is 0 Å². The molecule has 4 rings (SSSR count). The van der Waals surface area contributed by atoms with E-state index < -0.39 is 0 Å². The SMILES string of the molecule is C=C1[C@@H](O)CC2CC12[C@@H](/C=C1\CCC[C@]2(C)[C@@H]([C@H](C)CCCC(C)C)CC[C@@H]12)OC. The predicted molar refractivity (Wildman–Crippen MR) is 125 cm³/mol. The van der Waals surface area contributed by atoms with Crippen LogP contribution in [0.3, 0.4) is 0 Å². The average Bonchev–Trinajstić information content (AvgIpc) is 3.20. The predicted octanol–water partition coefficient (Wildman–Crippen LogP) is 6.93. The van der Waals surface area contributed by atoms with Crippen molar-refractivity contribution in [1.82, 2.24) is 0 Å². The molecule has 1 N–H and O–H groups in total. The van der Waals surface area contributed by atoms with Gasteiger partial charge >= 0.3 is 0 Å². The molecule has 2 unspecified atom stereocenters. The molecule has 4 fully saturated rings. The summed E-state index contributed by atoms with van der Waals surface area (Å²) in [4.78, 5) is 0. The second-order valence-electron chi connectivity index (χ2n) is 12.0. The van der Waals surface area contributed by atoms with Crippen LogP contribution >= 0.6 is 0 Å². The standard InChI is InChI=1S/C28H46O2/c1-18(2)9-7-10-19(3)23-12-13-24-21(11-8-14-27(23,24)5)15-26(30-6)28-17-22(28)16-25(29)20(28)4/h15,18-19,22-26,29H,4,7-14,16-17H2,1-3,5-6H3/b21-15+/t19-,22?,23-,24+,25+,26-,27-,28?/m1/s1. The number of aliphatic hydroxyl groups is 1. The molecule has 0 spiro atoms. The van der Waals surface area contributed by atoms with Gasteiger partial charge in [0.2, 0.25) is 0 Å². The largest absolute Gasteiger partial charge is 0.389 e. The Morgan fingerprint density at radius 3 is 2.63 bits per heavy atom. The number of aliphatic hydroxyl groups excluding tert-OH is 1. The van der Waals surface area contributed by atoms with E-state index in [9.17, 15) is 5.11 Å². The van der Waals surface area contributed by atoms with Gasteiger partial charge in [-0.25, -0.2) is 0 Å². The summed E-state index contributed by atoms with van der Waals surface area (Å²) in [6.45, 7) is 14.1. The van der Waals surface area contributed by atoms with Crippen molar-refractivity contribution in [2.45, 2.75) is 104 Å². The molecule has 4 saturated carbocycles. The van der Waals surface area contributed by atoms with Crippen LogP contribution in [0.1, 0.15) is 91.9 Å². The van der Waals surface area contributed by atoms with Gasteiger partial charge in [-0.1, -0.05) is 65.2 Å². The molecule has 2 nitrogen and oxygen atoms in total. The Morgan fingerprint density at radius 2 is 2.00 bits per heavy atom. The fraction of sp³-hybridized carbons (Fsp3) is 0.857. The van der Waals surface area contributed by atoms with Gasteiger partial charge in [-0.05, 0) is 85.5 Å². The van der Waals surface area contributed by atoms with Crippen molar-refractivity contribution in [2.24, 2.45) is 40.4 Å². The van der Waals surface area contributed by atoms with Crippen molar-refractivity contribution in [2.75, 3.05) is 7.11 Å². The normalized spacial score (nSPS) is 43.7. The van der Waals surface area contributed by atoms with Gasteiger partial charge in [-0.3, -0.25) is 0 Å². The van der Waals surface area contributed by atoms with Crippen LogP contribution in [0.5, 0.6) is 0 Å². The van der Waals surface area contributed by atoms with E-state index in [2.05, 4.69) is 40.3 Å². The number of fused-ring (bicyclic) bond motifs is 2. The molecule has 0 heterocycles. The number of methoxy groups -OCH3 is 1. The van der Waals surface area contributed by atoms with E-state index in [0.717, 1.165) is 42.1 Å². The summed E-state index contributed by atoms with van der Waals surface area (Å²) in [7, 11) is 1.86. The monoisotopic (exact) mass is 414 g/mol. The highest BCUT2D eigenvalue weighted by atomic mass is 16.5. The van der Waals surface area contributed by atoms with Gasteiger partial charge in [0.15, 0.2) is 0 Å². The van der Waals surface area contributed by atoms with Gasteiger partial charge in [-0.2, -0.15) is 0 Å². The molecule has 0 aliphatic heterocycles. The van der Waals surface area contributed by atoms with Crippen molar-refractivity contribution in [3.63, 3.8) is 0 Å². The van der Waals surface area contributed by atoms with E-state index in [1.807, 2.05) is 7.11 Å². The maximum Gasteiger partial charge on any atom is 0.0851 e. The molecule has 0 radical (unpaired) electrons. The summed E-state index contributed by atoms with van der Waals surface area (Å²) in [5.74, 6) is 3.85. The number of ether oxygens (including phenoxy) is 1. The average molecular weight is 415 g/mol. The Morgan fingerprint density at radius 1 is 1.23 bits per heavy atom. The summed E-state index contributed by atoms with van der Waals surface area (Å²) in [6.07, 6.45) is 15.2. The first-order chi connectivity index (χ1) is 14.2. The van der Waals surface area contributed by atoms with Gasteiger partial charge in [-0.15, -0.1) is 0 Å². The van der Waals surface area contributed by atoms with Crippen molar-refractivity contribution in [3.8, 4) is 0 Å². The molecule has 4 aliphatic carbocycles. The summed E-state index contributed by atoms with van der Waals surface area (Å²) in [6, 6.07) is 0. The first-order valence-electron chi connectivity index (χ1n) is 12.8. The van der Waals surface area contributed by atoms with E-state index in [4.69, 9.17) is 4.74 Å². The van der Waals surface area contributed by atoms with Crippen LogP contribution in [0, 0.1) is 40.4 Å². The molecule has 8 atom stereocenters. The van der Waals surface area contributed by atoms with E-state index in [-0.39, 0.29) is 17.6 Å². The van der Waals surface area contributed by atoms with Gasteiger partial charge < -0.3 is 9.84 Å². The second kappa shape index (κ2) is 8.39. The third-order valence-electron chi connectivity index (χ3n) is 9.95. The molecular formula is C28H46O2. The fourth-order valence-electron chi connectivity index (χ4n) is 8.17. The topological polar surface area (TPSA) is 29.5 Å². The lowest BCUT2D eigenvalue weighted by molar-refractivity contribution is 0.0758. The highest BCUT2D eigenvalue weighted by Crippen LogP contribution is 2.69. The van der Waals surface area contributed by atoms with Crippen LogP contribution in [0.2, 0.25) is 0 Å². The van der Waals surface area contributed by atoms with Gasteiger partial charge in [0.1, 0.15) is 0 Å². The summed E-state index contributed by atoms with van der Waals surface area (Å²) in [5, 5.41) is 10.3. The first kappa shape index (κ1) is 22.6. The minimum Gasteiger partial charge on any atom is -0.389 e. The molecule has 4 aliphatic rings. The molecule has 2 heteroatoms. The van der Waals surface area contributed by atoms with Crippen LogP contribution in [-0.4, -0.2) is 24.4 Å². The zero-order chi connectivity index (χ0) is 21.7. The summed E-state index contributed by atoms with van der Waals surface area (Å²) < 4.78 is 6.08. The minimum absolute atomic E-state index is 0.0250. The lowest BCUT2D eigenvalue weighted by atomic mass is 9.60. The van der Waals surface area contributed by atoms with Crippen LogP contribution in [0.25, 0.3) is 0 Å². The lowest BCUT2D eigenvalue weighted by Crippen LogP contribution is -2.37. The quantitative estimate of drug-likeness (QED) is 0.436. The molecule has 30 heavy (non-hydrogen) atoms. The Bertz CT molecular complexity index is 678. The lowest BCUT2D eigenvalue weighted by Gasteiger charge is -2.45. The van der Waals surface area contributed by atoms with Crippen molar-refractivity contribution in [3.05, 3.63) is 23.8 Å². The third-order valence-corrected chi connectivity index (χ3v) is 9.95. The number of allylic oxidation sites excluding steroid dienone is 1. The van der Waals surface area contributed by atoms with Crippen LogP contribution in [0.15, 0.2) is 23.8 Å². The summed E-state index contributed by atoms with van der Waals surface area (Å²) in [5.41, 5.74) is 3.20. The van der Waals surface area contributed by atoms with Crippen molar-refractivity contribution in [1.29, 1.82) is 0 Å². The Hall–Kier alpha value is -0.600. The highest BCUT2D eigenvalue weighted by Gasteiger charge is 2.66. The maximum absolute atomic E-state index is 10.3. The minimum atomic E-state index is -0.320. The van der Waals surface area contributed by atoms with Crippen LogP contribution in [0.4, 0.5) is 0 Å². The molecule has 0 aromatic heterocycles. The molecule has 0 bridgehead atoms. The zero-order valence-corrected chi connectivity index (χ0v) is 20.3. The first-order valence-corrected chi connectivity index (χ1v) is 12.8. The van der Waals surface area contributed by atoms with Gasteiger partial charge in [0, 0.05) is 12.5 Å². The third kappa shape index (κ3) is 3.64. The zero-order valence-electron chi connectivity index (χ0n) is 20.3. The number of hydrogen-bond donors (Lipinski definition) is 1. The van der Waals surface area contributed by atoms with Crippen molar-refractivity contribution < 1.29 is 9.84 Å². The van der Waals surface area contributed by atoms with Gasteiger partial charge in [0.05, 0.1) is 12.2 Å². The highest BCUT2D eigenvalue weighted by molar-refractivity contribution is 5.38. The molecule has 0 saturated heterocycles. The molecule has 0 aromatic rings. The van der Waals surface area contributed by atoms with Crippen LogP contribution < -0.4 is 0 Å². The van der Waals surface area contributed by atoms with Crippen molar-refractivity contribution >= 4 is 0 Å². The summed E-state index contributed by atoms with van der Waals surface area (Å²) >= 11 is 0. The molecule has 0 aromatic carbocycles. The number of hydrogen-bond acceptors (Lipinski definition) is 2. The van der Waals surface area contributed by atoms with E-state index >= 15 is 0 Å². The fourth-order valence-corrected chi connectivity index (χ4v) is 8.17. The molecule has 170 valence electrons. The maximum atomic E-state index is 10.3. The Balaban J connectivity index is 1.49. The Kier molecular flexibility index (Phi) is 6.32. The Labute approximate surface area is 185 Å². The van der Waals surface area contributed by atoms with E-state index in [1.54, 1.807) is 5.57 Å². The molecular weight excluding hydrogens is 368 g/mol. The van der Waals surface area contributed by atoms with Crippen LogP contribution in [-0.2, 0) is 4.74 Å². The van der Waals surface area contributed by atoms with E-state index in [1.165, 1.54) is 51.4 Å². The van der Waals surface area contributed by atoms with E-state index in [0.29, 0.717) is 11.3 Å². The smallest absolute Gasteiger partial charge is 0.0851 e. The number of rotatable bonds is 8. The molecule has 0 amide bonds.